The molecule has 0 fully saturated rings. The first kappa shape index (κ1) is 25.4. The van der Waals surface area contributed by atoms with Crippen LogP contribution in [0.2, 0.25) is 0 Å². The van der Waals surface area contributed by atoms with E-state index in [2.05, 4.69) is 13.2 Å². The number of hydrogen-bond donors (Lipinski definition) is 0. The second-order valence-corrected chi connectivity index (χ2v) is 8.13. The van der Waals surface area contributed by atoms with Crippen molar-refractivity contribution in [2.45, 2.75) is 20.8 Å². The van der Waals surface area contributed by atoms with Crippen molar-refractivity contribution in [3.8, 4) is 33.8 Å². The smallest absolute Gasteiger partial charge is 0.338 e. The maximum Gasteiger partial charge on any atom is 0.338 e. The number of halogens is 1. The van der Waals surface area contributed by atoms with Gasteiger partial charge in [-0.15, -0.1) is 0 Å². The SMILES string of the molecule is C=C(C)C(=O)OCCOc1ccc(-c2ccc(-c3ccc(OC(=O)C(=C)C)cc3)c(F)c2)cc1C. The van der Waals surface area contributed by atoms with Gasteiger partial charge in [-0.2, -0.15) is 0 Å². The van der Waals surface area contributed by atoms with Crippen molar-refractivity contribution in [3.05, 3.63) is 96.3 Å². The third-order valence-corrected chi connectivity index (χ3v) is 5.12. The maximum absolute atomic E-state index is 15.0. The number of ether oxygens (including phenoxy) is 3. The number of carbonyl (C=O) groups excluding carboxylic acids is 2. The van der Waals surface area contributed by atoms with Crippen LogP contribution in [0.5, 0.6) is 11.5 Å². The van der Waals surface area contributed by atoms with Crippen LogP contribution < -0.4 is 9.47 Å². The molecule has 0 bridgehead atoms. The summed E-state index contributed by atoms with van der Waals surface area (Å²) < 4.78 is 30.9. The standard InChI is InChI=1S/C29H27FO5/c1-18(2)28(31)34-15-14-33-27-13-9-22(16-20(27)5)23-8-12-25(26(30)17-23)21-6-10-24(11-7-21)35-29(32)19(3)4/h6-13,16-17H,1,3,14-15H2,2,4-5H3. The Balaban J connectivity index is 1.68. The molecule has 3 aromatic rings. The first-order chi connectivity index (χ1) is 16.7. The van der Waals surface area contributed by atoms with Gasteiger partial charge in [-0.3, -0.25) is 0 Å². The molecule has 35 heavy (non-hydrogen) atoms. The average molecular weight is 475 g/mol. The van der Waals surface area contributed by atoms with Crippen LogP contribution in [0.1, 0.15) is 19.4 Å². The van der Waals surface area contributed by atoms with Crippen molar-refractivity contribution in [3.63, 3.8) is 0 Å². The van der Waals surface area contributed by atoms with Crippen molar-refractivity contribution >= 4 is 11.9 Å². The topological polar surface area (TPSA) is 61.8 Å². The Morgan fingerprint density at radius 1 is 0.800 bits per heavy atom. The van der Waals surface area contributed by atoms with Gasteiger partial charge < -0.3 is 14.2 Å². The van der Waals surface area contributed by atoms with Crippen LogP contribution in [0.3, 0.4) is 0 Å². The molecule has 0 aromatic heterocycles. The molecule has 0 saturated heterocycles. The number of rotatable bonds is 9. The van der Waals surface area contributed by atoms with Gasteiger partial charge in [0.25, 0.3) is 0 Å². The van der Waals surface area contributed by atoms with E-state index in [9.17, 15) is 14.0 Å². The molecule has 3 aromatic carbocycles. The third-order valence-electron chi connectivity index (χ3n) is 5.12. The van der Waals surface area contributed by atoms with E-state index in [1.54, 1.807) is 44.2 Å². The van der Waals surface area contributed by atoms with Gasteiger partial charge in [0.15, 0.2) is 0 Å². The fourth-order valence-electron chi connectivity index (χ4n) is 3.23. The van der Waals surface area contributed by atoms with Crippen LogP contribution in [0, 0.1) is 12.7 Å². The lowest BCUT2D eigenvalue weighted by Gasteiger charge is -2.12. The van der Waals surface area contributed by atoms with E-state index in [-0.39, 0.29) is 19.0 Å². The van der Waals surface area contributed by atoms with Crippen LogP contribution in [0.4, 0.5) is 4.39 Å². The van der Waals surface area contributed by atoms with E-state index in [4.69, 9.17) is 14.2 Å². The number of benzene rings is 3. The van der Waals surface area contributed by atoms with E-state index < -0.39 is 11.9 Å². The first-order valence-corrected chi connectivity index (χ1v) is 11.0. The summed E-state index contributed by atoms with van der Waals surface area (Å²) >= 11 is 0. The van der Waals surface area contributed by atoms with Gasteiger partial charge in [0.1, 0.15) is 30.5 Å². The molecule has 0 amide bonds. The van der Waals surface area contributed by atoms with Gasteiger partial charge in [0.05, 0.1) is 0 Å². The molecule has 0 radical (unpaired) electrons. The van der Waals surface area contributed by atoms with Crippen LogP contribution in [-0.2, 0) is 14.3 Å². The molecule has 0 N–H and O–H groups in total. The zero-order valence-corrected chi connectivity index (χ0v) is 20.0. The number of hydrogen-bond acceptors (Lipinski definition) is 5. The lowest BCUT2D eigenvalue weighted by atomic mass is 9.98. The van der Waals surface area contributed by atoms with Gasteiger partial charge in [0, 0.05) is 16.7 Å². The molecular formula is C29H27FO5. The minimum atomic E-state index is -0.508. The summed E-state index contributed by atoms with van der Waals surface area (Å²) in [4.78, 5) is 23.1. The average Bonchev–Trinajstić information content (AvgIpc) is 2.82. The molecule has 0 spiro atoms. The number of carbonyl (C=O) groups is 2. The van der Waals surface area contributed by atoms with Crippen LogP contribution in [0.25, 0.3) is 22.3 Å². The lowest BCUT2D eigenvalue weighted by Crippen LogP contribution is -2.12. The largest absolute Gasteiger partial charge is 0.490 e. The molecule has 180 valence electrons. The van der Waals surface area contributed by atoms with Gasteiger partial charge in [0.2, 0.25) is 0 Å². The molecular weight excluding hydrogens is 447 g/mol. The second kappa shape index (κ2) is 11.3. The van der Waals surface area contributed by atoms with Crippen molar-refractivity contribution in [1.29, 1.82) is 0 Å². The summed E-state index contributed by atoms with van der Waals surface area (Å²) in [6.07, 6.45) is 0. The first-order valence-electron chi connectivity index (χ1n) is 11.0. The summed E-state index contributed by atoms with van der Waals surface area (Å²) in [7, 11) is 0. The molecule has 0 saturated carbocycles. The quantitative estimate of drug-likeness (QED) is 0.154. The van der Waals surface area contributed by atoms with Gasteiger partial charge >= 0.3 is 11.9 Å². The molecule has 6 heteroatoms. The third kappa shape index (κ3) is 6.67. The molecule has 0 atom stereocenters. The predicted octanol–water partition coefficient (Wildman–Crippen LogP) is 6.45. The summed E-state index contributed by atoms with van der Waals surface area (Å²) in [6, 6.07) is 17.2. The van der Waals surface area contributed by atoms with Crippen LogP contribution in [0.15, 0.2) is 85.0 Å². The monoisotopic (exact) mass is 474 g/mol. The molecule has 0 aliphatic rings. The highest BCUT2D eigenvalue weighted by Gasteiger charge is 2.11. The van der Waals surface area contributed by atoms with Crippen LogP contribution >= 0.6 is 0 Å². The van der Waals surface area contributed by atoms with E-state index >= 15 is 0 Å². The Morgan fingerprint density at radius 3 is 2.00 bits per heavy atom. The molecule has 0 aliphatic heterocycles. The Hall–Kier alpha value is -4.19. The minimum Gasteiger partial charge on any atom is -0.490 e. The molecule has 0 aliphatic carbocycles. The molecule has 5 nitrogen and oxygen atoms in total. The number of aryl methyl sites for hydroxylation is 1. The Morgan fingerprint density at radius 2 is 1.40 bits per heavy atom. The van der Waals surface area contributed by atoms with Gasteiger partial charge in [-0.1, -0.05) is 43.5 Å². The van der Waals surface area contributed by atoms with E-state index in [0.717, 1.165) is 16.7 Å². The lowest BCUT2D eigenvalue weighted by molar-refractivity contribution is -0.139. The summed E-state index contributed by atoms with van der Waals surface area (Å²) in [5, 5.41) is 0. The summed E-state index contributed by atoms with van der Waals surface area (Å²) in [5.41, 5.74) is 4.18. The number of esters is 2. The predicted molar refractivity (Wildman–Crippen MR) is 134 cm³/mol. The Kier molecular flexibility index (Phi) is 8.21. The zero-order chi connectivity index (χ0) is 25.5. The molecule has 3 rings (SSSR count). The fourth-order valence-corrected chi connectivity index (χ4v) is 3.23. The van der Waals surface area contributed by atoms with Crippen molar-refractivity contribution in [2.75, 3.05) is 13.2 Å². The Bertz CT molecular complexity index is 1270. The summed E-state index contributed by atoms with van der Waals surface area (Å²) in [5.74, 6) is -0.304. The maximum atomic E-state index is 15.0. The fraction of sp³-hybridized carbons (Fsp3) is 0.172. The summed E-state index contributed by atoms with van der Waals surface area (Å²) in [6.45, 7) is 12.5. The highest BCUT2D eigenvalue weighted by Crippen LogP contribution is 2.31. The van der Waals surface area contributed by atoms with Gasteiger partial charge in [-0.05, 0) is 73.4 Å². The zero-order valence-electron chi connectivity index (χ0n) is 20.0. The van der Waals surface area contributed by atoms with E-state index in [0.29, 0.717) is 33.8 Å². The minimum absolute atomic E-state index is 0.122. The van der Waals surface area contributed by atoms with Crippen molar-refractivity contribution in [2.24, 2.45) is 0 Å². The van der Waals surface area contributed by atoms with Crippen LogP contribution in [-0.4, -0.2) is 25.2 Å². The van der Waals surface area contributed by atoms with Crippen molar-refractivity contribution < 1.29 is 28.2 Å². The second-order valence-electron chi connectivity index (χ2n) is 8.13. The Labute approximate surface area is 204 Å². The highest BCUT2D eigenvalue weighted by atomic mass is 19.1. The molecule has 0 heterocycles. The highest BCUT2D eigenvalue weighted by molar-refractivity contribution is 5.89. The van der Waals surface area contributed by atoms with Gasteiger partial charge in [-0.25, -0.2) is 14.0 Å². The van der Waals surface area contributed by atoms with Crippen molar-refractivity contribution in [1.82, 2.24) is 0 Å². The molecule has 0 unspecified atom stereocenters. The van der Waals surface area contributed by atoms with E-state index in [1.165, 1.54) is 6.07 Å². The normalized spacial score (nSPS) is 10.4. The van der Waals surface area contributed by atoms with E-state index in [1.807, 2.05) is 31.2 Å².